The molecule has 1 N–H and O–H groups in total. The van der Waals surface area contributed by atoms with Crippen molar-refractivity contribution in [1.82, 2.24) is 4.90 Å². The summed E-state index contributed by atoms with van der Waals surface area (Å²) in [7, 11) is 0. The molecular weight excluding hydrogens is 146 g/mol. The first-order chi connectivity index (χ1) is 5.22. The van der Waals surface area contributed by atoms with Gasteiger partial charge in [0.05, 0.1) is 6.04 Å². The van der Waals surface area contributed by atoms with Gasteiger partial charge in [-0.1, -0.05) is 6.08 Å². The lowest BCUT2D eigenvalue weighted by atomic mass is 9.88. The van der Waals surface area contributed by atoms with Gasteiger partial charge in [-0.05, 0) is 6.42 Å². The van der Waals surface area contributed by atoms with E-state index in [-0.39, 0.29) is 11.9 Å². The summed E-state index contributed by atoms with van der Waals surface area (Å²) in [5, 5.41) is 8.58. The SMILES string of the molecule is O=C(O)C1C(=O)N2C=CC[C@@H]12. The van der Waals surface area contributed by atoms with Crippen LogP contribution in [0.25, 0.3) is 0 Å². The number of carbonyl (C=O) groups is 2. The van der Waals surface area contributed by atoms with Gasteiger partial charge in [0.1, 0.15) is 0 Å². The van der Waals surface area contributed by atoms with Crippen molar-refractivity contribution in [3.05, 3.63) is 12.3 Å². The van der Waals surface area contributed by atoms with Gasteiger partial charge in [-0.15, -0.1) is 0 Å². The van der Waals surface area contributed by atoms with Gasteiger partial charge in [0.2, 0.25) is 5.91 Å². The molecule has 58 valence electrons. The molecule has 4 nitrogen and oxygen atoms in total. The number of amides is 1. The highest BCUT2D eigenvalue weighted by molar-refractivity contribution is 6.03. The largest absolute Gasteiger partial charge is 0.481 e. The van der Waals surface area contributed by atoms with Crippen LogP contribution < -0.4 is 0 Å². The van der Waals surface area contributed by atoms with Crippen LogP contribution in [0.4, 0.5) is 0 Å². The lowest BCUT2D eigenvalue weighted by molar-refractivity contribution is -0.164. The molecule has 0 aromatic carbocycles. The van der Waals surface area contributed by atoms with E-state index < -0.39 is 11.9 Å². The minimum atomic E-state index is -1.00. The number of carbonyl (C=O) groups excluding carboxylic acids is 1. The summed E-state index contributed by atoms with van der Waals surface area (Å²) in [6, 6.07) is -0.0972. The van der Waals surface area contributed by atoms with E-state index >= 15 is 0 Å². The normalized spacial score (nSPS) is 33.5. The standard InChI is InChI=1S/C7H7NO3/c9-6-5(7(10)11)4-2-1-3-8(4)6/h1,3-5H,2H2,(H,10,11)/t4-,5?/m0/s1. The molecule has 0 aliphatic carbocycles. The van der Waals surface area contributed by atoms with Gasteiger partial charge in [0.15, 0.2) is 5.92 Å². The molecule has 1 amide bonds. The van der Waals surface area contributed by atoms with Gasteiger partial charge in [-0.3, -0.25) is 9.59 Å². The van der Waals surface area contributed by atoms with Crippen LogP contribution in [0.2, 0.25) is 0 Å². The van der Waals surface area contributed by atoms with Crippen molar-refractivity contribution in [1.29, 1.82) is 0 Å². The lowest BCUT2D eigenvalue weighted by Gasteiger charge is -2.39. The quantitative estimate of drug-likeness (QED) is 0.419. The van der Waals surface area contributed by atoms with Crippen LogP contribution in [0.15, 0.2) is 12.3 Å². The Hall–Kier alpha value is -1.32. The Morgan fingerprint density at radius 2 is 2.45 bits per heavy atom. The first-order valence-corrected chi connectivity index (χ1v) is 3.43. The second kappa shape index (κ2) is 1.84. The third kappa shape index (κ3) is 0.636. The molecule has 2 aliphatic rings. The monoisotopic (exact) mass is 153 g/mol. The van der Waals surface area contributed by atoms with Crippen LogP contribution in [-0.4, -0.2) is 27.9 Å². The van der Waals surface area contributed by atoms with E-state index in [2.05, 4.69) is 0 Å². The van der Waals surface area contributed by atoms with Crippen molar-refractivity contribution >= 4 is 11.9 Å². The molecule has 0 aromatic heterocycles. The fraction of sp³-hybridized carbons (Fsp3) is 0.429. The number of β-lactam (4-membered cyclic amide) rings is 1. The zero-order chi connectivity index (χ0) is 8.01. The average molecular weight is 153 g/mol. The molecule has 1 unspecified atom stereocenters. The first-order valence-electron chi connectivity index (χ1n) is 3.43. The topological polar surface area (TPSA) is 57.6 Å². The lowest BCUT2D eigenvalue weighted by Crippen LogP contribution is -2.59. The Morgan fingerprint density at radius 3 is 3.09 bits per heavy atom. The molecule has 4 heteroatoms. The molecule has 11 heavy (non-hydrogen) atoms. The summed E-state index contributed by atoms with van der Waals surface area (Å²) in [6.07, 6.45) is 4.17. The number of hydrogen-bond donors (Lipinski definition) is 1. The molecule has 0 spiro atoms. The number of carboxylic acids is 1. The van der Waals surface area contributed by atoms with Crippen LogP contribution in [0.5, 0.6) is 0 Å². The minimum absolute atomic E-state index is 0.0972. The maximum Gasteiger partial charge on any atom is 0.318 e. The average Bonchev–Trinajstić information content (AvgIpc) is 2.30. The van der Waals surface area contributed by atoms with Gasteiger partial charge in [0, 0.05) is 6.20 Å². The summed E-state index contributed by atoms with van der Waals surface area (Å²) >= 11 is 0. The number of nitrogens with zero attached hydrogens (tertiary/aromatic N) is 1. The number of aliphatic carboxylic acids is 1. The van der Waals surface area contributed by atoms with Crippen molar-refractivity contribution in [3.63, 3.8) is 0 Å². The van der Waals surface area contributed by atoms with Gasteiger partial charge >= 0.3 is 5.97 Å². The van der Waals surface area contributed by atoms with Gasteiger partial charge in [0.25, 0.3) is 0 Å². The molecule has 2 heterocycles. The first kappa shape index (κ1) is 6.39. The van der Waals surface area contributed by atoms with Crippen LogP contribution >= 0.6 is 0 Å². The Kier molecular flexibility index (Phi) is 1.07. The minimum Gasteiger partial charge on any atom is -0.481 e. The number of fused-ring (bicyclic) bond motifs is 1. The number of rotatable bonds is 1. The molecule has 2 aliphatic heterocycles. The van der Waals surface area contributed by atoms with Crippen molar-refractivity contribution < 1.29 is 14.7 Å². The summed E-state index contributed by atoms with van der Waals surface area (Å²) < 4.78 is 0. The van der Waals surface area contributed by atoms with E-state index in [0.717, 1.165) is 0 Å². The van der Waals surface area contributed by atoms with E-state index in [1.54, 1.807) is 6.20 Å². The predicted molar refractivity (Wildman–Crippen MR) is 35.5 cm³/mol. The molecule has 1 fully saturated rings. The second-order valence-electron chi connectivity index (χ2n) is 2.75. The summed E-state index contributed by atoms with van der Waals surface area (Å²) in [4.78, 5) is 22.9. The third-order valence-corrected chi connectivity index (χ3v) is 2.17. The van der Waals surface area contributed by atoms with Crippen molar-refractivity contribution in [2.24, 2.45) is 5.92 Å². The summed E-state index contributed by atoms with van der Waals surface area (Å²) in [5.74, 6) is -2.07. The molecule has 0 saturated carbocycles. The van der Waals surface area contributed by atoms with E-state index in [1.807, 2.05) is 6.08 Å². The molecule has 2 atom stereocenters. The fourth-order valence-corrected chi connectivity index (χ4v) is 1.58. The predicted octanol–water partition coefficient (Wildman–Crippen LogP) is -0.185. The van der Waals surface area contributed by atoms with Crippen molar-refractivity contribution in [3.8, 4) is 0 Å². The van der Waals surface area contributed by atoms with E-state index in [1.165, 1.54) is 4.90 Å². The maximum absolute atomic E-state index is 11.0. The van der Waals surface area contributed by atoms with Crippen molar-refractivity contribution in [2.45, 2.75) is 12.5 Å². The summed E-state index contributed by atoms with van der Waals surface area (Å²) in [6.45, 7) is 0. The Balaban J connectivity index is 2.19. The highest BCUT2D eigenvalue weighted by atomic mass is 16.4. The Bertz CT molecular complexity index is 258. The Labute approximate surface area is 63.1 Å². The van der Waals surface area contributed by atoms with Crippen LogP contribution in [0.3, 0.4) is 0 Å². The van der Waals surface area contributed by atoms with Gasteiger partial charge in [-0.2, -0.15) is 0 Å². The third-order valence-electron chi connectivity index (χ3n) is 2.17. The molecule has 0 radical (unpaired) electrons. The summed E-state index contributed by atoms with van der Waals surface area (Å²) in [5.41, 5.74) is 0. The molecule has 0 bridgehead atoms. The number of carboxylic acid groups (broad SMARTS) is 1. The maximum atomic E-state index is 11.0. The van der Waals surface area contributed by atoms with E-state index in [9.17, 15) is 9.59 Å². The Morgan fingerprint density at radius 1 is 1.73 bits per heavy atom. The fourth-order valence-electron chi connectivity index (χ4n) is 1.58. The second-order valence-corrected chi connectivity index (χ2v) is 2.75. The van der Waals surface area contributed by atoms with Crippen LogP contribution in [-0.2, 0) is 9.59 Å². The number of hydrogen-bond acceptors (Lipinski definition) is 2. The van der Waals surface area contributed by atoms with Gasteiger partial charge in [-0.25, -0.2) is 0 Å². The highest BCUT2D eigenvalue weighted by Crippen LogP contribution is 2.33. The van der Waals surface area contributed by atoms with Crippen LogP contribution in [0.1, 0.15) is 6.42 Å². The van der Waals surface area contributed by atoms with Gasteiger partial charge < -0.3 is 10.0 Å². The highest BCUT2D eigenvalue weighted by Gasteiger charge is 2.51. The molecule has 0 aromatic rings. The zero-order valence-corrected chi connectivity index (χ0v) is 5.73. The van der Waals surface area contributed by atoms with E-state index in [0.29, 0.717) is 6.42 Å². The van der Waals surface area contributed by atoms with E-state index in [4.69, 9.17) is 5.11 Å². The van der Waals surface area contributed by atoms with Crippen molar-refractivity contribution in [2.75, 3.05) is 0 Å². The van der Waals surface area contributed by atoms with Crippen LogP contribution in [0, 0.1) is 5.92 Å². The zero-order valence-electron chi connectivity index (χ0n) is 5.73. The smallest absolute Gasteiger partial charge is 0.318 e. The molecule has 1 saturated heterocycles. The molecule has 2 rings (SSSR count). The molecular formula is C7H7NO3.